The Bertz CT molecular complexity index is 823. The first-order valence-corrected chi connectivity index (χ1v) is 8.08. The molecule has 0 saturated heterocycles. The van der Waals surface area contributed by atoms with Crippen LogP contribution in [0.3, 0.4) is 0 Å². The Morgan fingerprint density at radius 2 is 2.00 bits per heavy atom. The molecule has 0 bridgehead atoms. The van der Waals surface area contributed by atoms with E-state index in [9.17, 15) is 5.11 Å². The molecule has 3 N–H and O–H groups in total. The third-order valence-corrected chi connectivity index (χ3v) is 4.32. The van der Waals surface area contributed by atoms with E-state index in [1.807, 2.05) is 30.5 Å². The van der Waals surface area contributed by atoms with E-state index in [1.54, 1.807) is 7.11 Å². The fraction of sp³-hybridized carbons (Fsp3) is 0.250. The maximum absolute atomic E-state index is 9.45. The van der Waals surface area contributed by atoms with Gasteiger partial charge in [-0.1, -0.05) is 30.3 Å². The number of nitrogens with zero attached hydrogens (tertiary/aromatic N) is 1. The van der Waals surface area contributed by atoms with Crippen LogP contribution in [0.15, 0.2) is 54.7 Å². The van der Waals surface area contributed by atoms with Crippen LogP contribution in [0.4, 0.5) is 0 Å². The average molecular weight is 322 g/mol. The van der Waals surface area contributed by atoms with Gasteiger partial charge in [0.1, 0.15) is 5.75 Å². The van der Waals surface area contributed by atoms with E-state index in [-0.39, 0.29) is 12.5 Å². The summed E-state index contributed by atoms with van der Waals surface area (Å²) in [5.74, 6) is 0.846. The number of ether oxygens (including phenoxy) is 1. The van der Waals surface area contributed by atoms with Crippen molar-refractivity contribution in [3.05, 3.63) is 60.3 Å². The van der Waals surface area contributed by atoms with Crippen molar-refractivity contribution in [3.8, 4) is 16.9 Å². The number of rotatable bonds is 6. The predicted molar refractivity (Wildman–Crippen MR) is 97.1 cm³/mol. The molecule has 0 spiro atoms. The average Bonchev–Trinajstić information content (AvgIpc) is 2.65. The van der Waals surface area contributed by atoms with Crippen molar-refractivity contribution in [2.45, 2.75) is 6.42 Å². The van der Waals surface area contributed by atoms with Gasteiger partial charge in [0.2, 0.25) is 0 Å². The van der Waals surface area contributed by atoms with Gasteiger partial charge in [-0.05, 0) is 48.2 Å². The Morgan fingerprint density at radius 3 is 2.75 bits per heavy atom. The molecule has 0 radical (unpaired) electrons. The molecule has 4 nitrogen and oxygen atoms in total. The molecule has 0 amide bonds. The van der Waals surface area contributed by atoms with Crippen LogP contribution in [-0.4, -0.2) is 30.4 Å². The minimum Gasteiger partial charge on any atom is -0.496 e. The number of nitrogens with two attached hydrogens (primary N) is 1. The first-order chi connectivity index (χ1) is 11.8. The van der Waals surface area contributed by atoms with E-state index in [4.69, 9.17) is 10.5 Å². The topological polar surface area (TPSA) is 68.4 Å². The normalized spacial score (nSPS) is 12.3. The summed E-state index contributed by atoms with van der Waals surface area (Å²) in [5.41, 5.74) is 9.94. The van der Waals surface area contributed by atoms with Gasteiger partial charge in [-0.25, -0.2) is 0 Å². The van der Waals surface area contributed by atoms with Crippen molar-refractivity contribution >= 4 is 10.9 Å². The minimum absolute atomic E-state index is 0.0276. The van der Waals surface area contributed by atoms with Gasteiger partial charge in [0.05, 0.1) is 12.6 Å². The van der Waals surface area contributed by atoms with Crippen LogP contribution in [0.1, 0.15) is 5.56 Å². The smallest absolute Gasteiger partial charge is 0.122 e. The molecular weight excluding hydrogens is 300 g/mol. The monoisotopic (exact) mass is 322 g/mol. The van der Waals surface area contributed by atoms with E-state index in [1.165, 1.54) is 0 Å². The van der Waals surface area contributed by atoms with E-state index in [2.05, 4.69) is 29.2 Å². The maximum Gasteiger partial charge on any atom is 0.122 e. The summed E-state index contributed by atoms with van der Waals surface area (Å²) >= 11 is 0. The number of hydrogen-bond acceptors (Lipinski definition) is 4. The Kier molecular flexibility index (Phi) is 5.08. The van der Waals surface area contributed by atoms with Crippen molar-refractivity contribution in [2.24, 2.45) is 11.7 Å². The summed E-state index contributed by atoms with van der Waals surface area (Å²) in [4.78, 5) is 4.53. The van der Waals surface area contributed by atoms with Gasteiger partial charge in [0.15, 0.2) is 0 Å². The quantitative estimate of drug-likeness (QED) is 0.732. The summed E-state index contributed by atoms with van der Waals surface area (Å²) in [6.45, 7) is 0.513. The number of aliphatic hydroxyl groups is 1. The number of hydrogen-bond donors (Lipinski definition) is 2. The second-order valence-electron chi connectivity index (χ2n) is 5.90. The Hall–Kier alpha value is -2.43. The third kappa shape index (κ3) is 3.25. The Labute approximate surface area is 141 Å². The number of methoxy groups -OCH3 is 1. The van der Waals surface area contributed by atoms with Crippen LogP contribution in [0.2, 0.25) is 0 Å². The fourth-order valence-electron chi connectivity index (χ4n) is 2.98. The molecule has 3 rings (SSSR count). The van der Waals surface area contributed by atoms with Crippen molar-refractivity contribution in [1.82, 2.24) is 4.98 Å². The molecule has 0 saturated carbocycles. The lowest BCUT2D eigenvalue weighted by Crippen LogP contribution is -2.20. The molecule has 3 aromatic rings. The number of para-hydroxylation sites is 1. The van der Waals surface area contributed by atoms with E-state index in [0.717, 1.165) is 33.3 Å². The summed E-state index contributed by atoms with van der Waals surface area (Å²) < 4.78 is 5.48. The van der Waals surface area contributed by atoms with Gasteiger partial charge in [-0.2, -0.15) is 0 Å². The van der Waals surface area contributed by atoms with Crippen molar-refractivity contribution in [2.75, 3.05) is 20.3 Å². The molecule has 0 aliphatic heterocycles. The van der Waals surface area contributed by atoms with Gasteiger partial charge < -0.3 is 15.6 Å². The SMILES string of the molecule is COc1ccc(-c2cccc3cccnc23)cc1CC(CN)CO. The summed E-state index contributed by atoms with van der Waals surface area (Å²) in [6, 6.07) is 16.3. The highest BCUT2D eigenvalue weighted by molar-refractivity contribution is 5.93. The molecule has 1 unspecified atom stereocenters. The highest BCUT2D eigenvalue weighted by atomic mass is 16.5. The zero-order valence-corrected chi connectivity index (χ0v) is 13.8. The molecule has 24 heavy (non-hydrogen) atoms. The molecular formula is C20H22N2O2. The third-order valence-electron chi connectivity index (χ3n) is 4.32. The van der Waals surface area contributed by atoms with Gasteiger partial charge in [-0.15, -0.1) is 0 Å². The Morgan fingerprint density at radius 1 is 1.17 bits per heavy atom. The van der Waals surface area contributed by atoms with Crippen molar-refractivity contribution in [1.29, 1.82) is 0 Å². The molecule has 2 aromatic carbocycles. The zero-order chi connectivity index (χ0) is 16.9. The molecule has 0 aliphatic rings. The number of fused-ring (bicyclic) bond motifs is 1. The minimum atomic E-state index is 0.0276. The number of pyridine rings is 1. The molecule has 1 aromatic heterocycles. The van der Waals surface area contributed by atoms with E-state index >= 15 is 0 Å². The van der Waals surface area contributed by atoms with Crippen LogP contribution in [0, 0.1) is 5.92 Å². The lowest BCUT2D eigenvalue weighted by Gasteiger charge is -2.16. The molecule has 0 aliphatic carbocycles. The van der Waals surface area contributed by atoms with Crippen LogP contribution in [0.25, 0.3) is 22.0 Å². The van der Waals surface area contributed by atoms with Gasteiger partial charge in [0.25, 0.3) is 0 Å². The van der Waals surface area contributed by atoms with Crippen LogP contribution < -0.4 is 10.5 Å². The Balaban J connectivity index is 2.08. The summed E-state index contributed by atoms with van der Waals surface area (Å²) in [5, 5.41) is 10.6. The van der Waals surface area contributed by atoms with Crippen LogP contribution in [0.5, 0.6) is 5.75 Å². The van der Waals surface area contributed by atoms with Gasteiger partial charge in [-0.3, -0.25) is 4.98 Å². The second-order valence-corrected chi connectivity index (χ2v) is 5.90. The van der Waals surface area contributed by atoms with Gasteiger partial charge in [0, 0.05) is 23.8 Å². The molecule has 0 fully saturated rings. The first-order valence-electron chi connectivity index (χ1n) is 8.08. The van der Waals surface area contributed by atoms with Crippen molar-refractivity contribution < 1.29 is 9.84 Å². The fourth-order valence-corrected chi connectivity index (χ4v) is 2.98. The molecule has 1 heterocycles. The lowest BCUT2D eigenvalue weighted by molar-refractivity contribution is 0.229. The van der Waals surface area contributed by atoms with Crippen molar-refractivity contribution in [3.63, 3.8) is 0 Å². The highest BCUT2D eigenvalue weighted by Crippen LogP contribution is 2.31. The second kappa shape index (κ2) is 7.43. The highest BCUT2D eigenvalue weighted by Gasteiger charge is 2.13. The molecule has 124 valence electrons. The summed E-state index contributed by atoms with van der Waals surface area (Å²) in [7, 11) is 1.66. The number of aliphatic hydroxyl groups excluding tert-OH is 1. The summed E-state index contributed by atoms with van der Waals surface area (Å²) in [6.07, 6.45) is 2.49. The molecule has 1 atom stereocenters. The standard InChI is InChI=1S/C20H22N2O2/c1-24-19-8-7-16(11-17(19)10-14(12-21)13-23)18-6-2-4-15-5-3-9-22-20(15)18/h2-9,11,14,23H,10,12-13,21H2,1H3. The van der Waals surface area contributed by atoms with Gasteiger partial charge >= 0.3 is 0 Å². The first kappa shape index (κ1) is 16.4. The van der Waals surface area contributed by atoms with Crippen LogP contribution in [-0.2, 0) is 6.42 Å². The van der Waals surface area contributed by atoms with E-state index < -0.39 is 0 Å². The zero-order valence-electron chi connectivity index (χ0n) is 13.8. The lowest BCUT2D eigenvalue weighted by atomic mass is 9.94. The largest absolute Gasteiger partial charge is 0.496 e. The van der Waals surface area contributed by atoms with E-state index in [0.29, 0.717) is 13.0 Å². The number of aromatic nitrogens is 1. The maximum atomic E-state index is 9.45. The number of benzene rings is 2. The van der Waals surface area contributed by atoms with Crippen LogP contribution >= 0.6 is 0 Å². The molecule has 4 heteroatoms. The predicted octanol–water partition coefficient (Wildman–Crippen LogP) is 3.02.